The summed E-state index contributed by atoms with van der Waals surface area (Å²) in [6.45, 7) is 2.32. The van der Waals surface area contributed by atoms with Crippen LogP contribution in [0.4, 0.5) is 11.5 Å². The van der Waals surface area contributed by atoms with Crippen molar-refractivity contribution in [3.05, 3.63) is 107 Å². The number of imidazole rings is 1. The molecule has 0 spiro atoms. The van der Waals surface area contributed by atoms with Gasteiger partial charge in [-0.3, -0.25) is 9.36 Å². The summed E-state index contributed by atoms with van der Waals surface area (Å²) in [6.07, 6.45) is 3.11. The van der Waals surface area contributed by atoms with Crippen LogP contribution in [0.2, 0.25) is 0 Å². The maximum absolute atomic E-state index is 13.8. The largest absolute Gasteiger partial charge is 0.457 e. The molecule has 204 valence electrons. The summed E-state index contributed by atoms with van der Waals surface area (Å²) < 4.78 is 8.80. The van der Waals surface area contributed by atoms with Crippen molar-refractivity contribution in [2.45, 2.75) is 6.92 Å². The Morgan fingerprint density at radius 1 is 0.950 bits per heavy atom. The Hall–Kier alpha value is -4.93. The first-order chi connectivity index (χ1) is 19.0. The number of fused-ring (bicyclic) bond motifs is 1. The summed E-state index contributed by atoms with van der Waals surface area (Å²) in [7, 11) is 1.81. The number of ether oxygens (including phenoxy) is 1. The number of carbonyl (C=O) groups is 1. The van der Waals surface area contributed by atoms with E-state index in [0.717, 1.165) is 0 Å². The number of amides is 1. The van der Waals surface area contributed by atoms with Gasteiger partial charge in [0.1, 0.15) is 23.3 Å². The van der Waals surface area contributed by atoms with Crippen molar-refractivity contribution in [2.24, 2.45) is 0 Å². The lowest BCUT2D eigenvalue weighted by atomic mass is 10.2. The zero-order chi connectivity index (χ0) is 27.4. The van der Waals surface area contributed by atoms with Gasteiger partial charge in [0.2, 0.25) is 0 Å². The number of carbonyl (C=O) groups excluding carboxylic acids is 1. The second-order valence-electron chi connectivity index (χ2n) is 8.74. The van der Waals surface area contributed by atoms with Gasteiger partial charge in [-0.1, -0.05) is 30.3 Å². The van der Waals surface area contributed by atoms with E-state index in [1.54, 1.807) is 61.5 Å². The average Bonchev–Trinajstić information content (AvgIpc) is 3.25. The maximum Gasteiger partial charge on any atom is 0.339 e. The minimum Gasteiger partial charge on any atom is -0.457 e. The molecule has 2 aromatic heterocycles. The van der Waals surface area contributed by atoms with Gasteiger partial charge in [-0.25, -0.2) is 19.3 Å². The quantitative estimate of drug-likeness (QED) is 0.240. The lowest BCUT2D eigenvalue weighted by Gasteiger charge is -2.09. The van der Waals surface area contributed by atoms with E-state index in [2.05, 4.69) is 20.6 Å². The summed E-state index contributed by atoms with van der Waals surface area (Å²) in [5, 5.41) is 5.86. The zero-order valence-corrected chi connectivity index (χ0v) is 22.7. The van der Waals surface area contributed by atoms with Gasteiger partial charge >= 0.3 is 5.69 Å². The topological polar surface area (TPSA) is 129 Å². The molecule has 2 heterocycles. The predicted molar refractivity (Wildman–Crippen MR) is 159 cm³/mol. The Bertz CT molecular complexity index is 1730. The van der Waals surface area contributed by atoms with Crippen LogP contribution in [0.25, 0.3) is 22.5 Å². The average molecular weight is 558 g/mol. The molecule has 1 amide bonds. The van der Waals surface area contributed by atoms with Gasteiger partial charge in [-0.2, -0.15) is 0 Å². The highest BCUT2D eigenvalue weighted by molar-refractivity contribution is 6.03. The highest BCUT2D eigenvalue weighted by Crippen LogP contribution is 2.26. The minimum atomic E-state index is -0.387. The van der Waals surface area contributed by atoms with Crippen molar-refractivity contribution < 1.29 is 9.53 Å². The first-order valence-electron chi connectivity index (χ1n) is 12.3. The molecule has 0 aliphatic rings. The van der Waals surface area contributed by atoms with E-state index in [1.165, 1.54) is 15.5 Å². The fourth-order valence-electron chi connectivity index (χ4n) is 4.11. The number of hydrogen-bond acceptors (Lipinski definition) is 7. The van der Waals surface area contributed by atoms with Gasteiger partial charge in [-0.05, 0) is 68.6 Å². The van der Waals surface area contributed by atoms with Crippen LogP contribution in [0.3, 0.4) is 0 Å². The van der Waals surface area contributed by atoms with Crippen molar-refractivity contribution in [3.8, 4) is 22.9 Å². The third kappa shape index (κ3) is 5.73. The van der Waals surface area contributed by atoms with Crippen LogP contribution in [0.5, 0.6) is 11.5 Å². The Labute approximate surface area is 236 Å². The van der Waals surface area contributed by atoms with Gasteiger partial charge in [0.25, 0.3) is 5.91 Å². The van der Waals surface area contributed by atoms with E-state index in [1.807, 2.05) is 37.4 Å². The van der Waals surface area contributed by atoms with E-state index < -0.39 is 0 Å². The van der Waals surface area contributed by atoms with Gasteiger partial charge < -0.3 is 21.1 Å². The number of hydrogen-bond donors (Lipinski definition) is 3. The number of likely N-dealkylation sites (N-methyl/N-ethyl adjacent to an activating group) is 1. The number of nitrogen functional groups attached to an aromatic ring is 1. The molecular weight excluding hydrogens is 530 g/mol. The molecule has 0 bridgehead atoms. The molecule has 0 saturated heterocycles. The SMILES string of the molecule is CNC/C=C(\C)C(=O)Nc1cccc(-n2c(=O)n(-c3ccc(Oc4ccccc4)cc3)c3c(N)ncnc32)c1.Cl. The minimum absolute atomic E-state index is 0. The summed E-state index contributed by atoms with van der Waals surface area (Å²) >= 11 is 0. The molecule has 0 atom stereocenters. The van der Waals surface area contributed by atoms with Crippen molar-refractivity contribution in [3.63, 3.8) is 0 Å². The zero-order valence-electron chi connectivity index (χ0n) is 21.9. The molecule has 0 radical (unpaired) electrons. The maximum atomic E-state index is 13.8. The second-order valence-corrected chi connectivity index (χ2v) is 8.74. The fraction of sp³-hybridized carbons (Fsp3) is 0.103. The predicted octanol–water partition coefficient (Wildman–Crippen LogP) is 4.47. The third-order valence-corrected chi connectivity index (χ3v) is 6.06. The normalized spacial score (nSPS) is 11.2. The van der Waals surface area contributed by atoms with Gasteiger partial charge in [0.05, 0.1) is 11.4 Å². The van der Waals surface area contributed by atoms with E-state index in [0.29, 0.717) is 51.8 Å². The van der Waals surface area contributed by atoms with E-state index in [4.69, 9.17) is 10.5 Å². The van der Waals surface area contributed by atoms with Gasteiger partial charge in [-0.15, -0.1) is 12.4 Å². The van der Waals surface area contributed by atoms with Crippen LogP contribution in [0, 0.1) is 0 Å². The Morgan fingerprint density at radius 2 is 1.68 bits per heavy atom. The Morgan fingerprint density at radius 3 is 2.40 bits per heavy atom. The van der Waals surface area contributed by atoms with Gasteiger partial charge in [0.15, 0.2) is 11.5 Å². The molecule has 0 aliphatic carbocycles. The molecule has 40 heavy (non-hydrogen) atoms. The monoisotopic (exact) mass is 557 g/mol. The number of halogens is 1. The van der Waals surface area contributed by atoms with Crippen molar-refractivity contribution in [1.29, 1.82) is 0 Å². The molecule has 4 N–H and O–H groups in total. The lowest BCUT2D eigenvalue weighted by molar-refractivity contribution is -0.112. The number of anilines is 2. The molecular formula is C29H28ClN7O3. The number of nitrogens with two attached hydrogens (primary N) is 1. The standard InChI is InChI=1S/C29H27N7O3.ClH/c1-19(15-16-31-2)28(37)34-20-7-6-8-22(17-20)36-27-25(26(30)32-18-33-27)35(29(36)38)21-11-13-24(14-12-21)39-23-9-4-3-5-10-23;/h3-15,17-18,31H,16H2,1-2H3,(H,34,37)(H2,30,32,33);1H/b19-15+;. The lowest BCUT2D eigenvalue weighted by Crippen LogP contribution is -2.22. The number of aromatic nitrogens is 4. The van der Waals surface area contributed by atoms with Crippen LogP contribution in [-0.2, 0) is 4.79 Å². The van der Waals surface area contributed by atoms with Crippen LogP contribution >= 0.6 is 12.4 Å². The highest BCUT2D eigenvalue weighted by atomic mass is 35.5. The molecule has 5 aromatic rings. The van der Waals surface area contributed by atoms with E-state index in [-0.39, 0.29) is 29.8 Å². The second kappa shape index (κ2) is 12.3. The molecule has 0 aliphatic heterocycles. The summed E-state index contributed by atoms with van der Waals surface area (Å²) in [6, 6.07) is 23.5. The molecule has 10 nitrogen and oxygen atoms in total. The van der Waals surface area contributed by atoms with E-state index >= 15 is 0 Å². The van der Waals surface area contributed by atoms with Crippen molar-refractivity contribution in [2.75, 3.05) is 24.6 Å². The Kier molecular flexibility index (Phi) is 8.63. The summed E-state index contributed by atoms with van der Waals surface area (Å²) in [4.78, 5) is 34.9. The molecule has 11 heteroatoms. The first-order valence-corrected chi connectivity index (χ1v) is 12.3. The van der Waals surface area contributed by atoms with Crippen LogP contribution in [0.15, 0.2) is 102 Å². The first kappa shape index (κ1) is 28.1. The molecule has 3 aromatic carbocycles. The number of benzene rings is 3. The number of rotatable bonds is 8. The number of nitrogens with zero attached hydrogens (tertiary/aromatic N) is 4. The molecule has 0 saturated carbocycles. The van der Waals surface area contributed by atoms with E-state index in [9.17, 15) is 9.59 Å². The third-order valence-electron chi connectivity index (χ3n) is 6.06. The molecule has 5 rings (SSSR count). The smallest absolute Gasteiger partial charge is 0.339 e. The van der Waals surface area contributed by atoms with Crippen LogP contribution < -0.4 is 26.8 Å². The summed E-state index contributed by atoms with van der Waals surface area (Å²) in [5.41, 5.74) is 8.76. The van der Waals surface area contributed by atoms with Crippen LogP contribution in [-0.4, -0.2) is 38.6 Å². The van der Waals surface area contributed by atoms with Gasteiger partial charge in [0, 0.05) is 17.8 Å². The molecule has 0 unspecified atom stereocenters. The molecule has 0 fully saturated rings. The van der Waals surface area contributed by atoms with Crippen molar-refractivity contribution >= 4 is 41.0 Å². The highest BCUT2D eigenvalue weighted by Gasteiger charge is 2.20. The number of para-hydroxylation sites is 1. The number of nitrogens with one attached hydrogen (secondary N) is 2. The fourth-order valence-corrected chi connectivity index (χ4v) is 4.11. The van der Waals surface area contributed by atoms with Crippen molar-refractivity contribution in [1.82, 2.24) is 24.4 Å². The summed E-state index contributed by atoms with van der Waals surface area (Å²) in [5.74, 6) is 1.25. The Balaban J connectivity index is 0.00000370. The van der Waals surface area contributed by atoms with Crippen LogP contribution in [0.1, 0.15) is 6.92 Å².